The van der Waals surface area contributed by atoms with Gasteiger partial charge in [0.15, 0.2) is 0 Å². The van der Waals surface area contributed by atoms with Crippen molar-refractivity contribution in [3.8, 4) is 0 Å². The maximum Gasteiger partial charge on any atom is 0.337 e. The van der Waals surface area contributed by atoms with Crippen LogP contribution in [0.3, 0.4) is 0 Å². The lowest BCUT2D eigenvalue weighted by Crippen LogP contribution is -2.18. The van der Waals surface area contributed by atoms with E-state index in [0.717, 1.165) is 29.7 Å². The first kappa shape index (κ1) is 20.3. The Morgan fingerprint density at radius 3 is 2.43 bits per heavy atom. The quantitative estimate of drug-likeness (QED) is 0.633. The molecule has 0 bridgehead atoms. The number of aryl methyl sites for hydroxylation is 1. The van der Waals surface area contributed by atoms with Gasteiger partial charge in [-0.25, -0.2) is 4.79 Å². The summed E-state index contributed by atoms with van der Waals surface area (Å²) >= 11 is 0. The van der Waals surface area contributed by atoms with E-state index >= 15 is 0 Å². The minimum atomic E-state index is -0.940. The molecular weight excluding hydrogens is 346 g/mol. The molecule has 3 nitrogen and oxygen atoms in total. The number of carbonyl (C=O) groups is 1. The van der Waals surface area contributed by atoms with Crippen LogP contribution in [0.25, 0.3) is 0 Å². The van der Waals surface area contributed by atoms with E-state index in [1.807, 2.05) is 19.9 Å². The van der Waals surface area contributed by atoms with Crippen LogP contribution in [0.15, 0.2) is 35.3 Å². The average molecular weight is 378 g/mol. The summed E-state index contributed by atoms with van der Waals surface area (Å²) in [5.41, 5.74) is 8.00. The van der Waals surface area contributed by atoms with Gasteiger partial charge in [0.2, 0.25) is 0 Å². The van der Waals surface area contributed by atoms with Crippen molar-refractivity contribution in [2.75, 3.05) is 0 Å². The van der Waals surface area contributed by atoms with E-state index in [1.165, 1.54) is 16.7 Å². The molecule has 1 N–H and O–H groups in total. The highest BCUT2D eigenvalue weighted by Crippen LogP contribution is 2.42. The van der Waals surface area contributed by atoms with Crippen molar-refractivity contribution in [1.29, 1.82) is 0 Å². The number of carboxylic acids is 1. The lowest BCUT2D eigenvalue weighted by atomic mass is 9.79. The molecule has 0 heterocycles. The summed E-state index contributed by atoms with van der Waals surface area (Å²) < 4.78 is 0. The second kappa shape index (κ2) is 6.88. The van der Waals surface area contributed by atoms with Crippen LogP contribution in [0.5, 0.6) is 0 Å². The molecule has 3 heteroatoms. The first-order valence-electron chi connectivity index (χ1n) is 9.98. The molecule has 2 aromatic rings. The molecule has 0 aromatic heterocycles. The standard InChI is InChI=1S/C25H31NO2/c1-15-9-8-10-19(23(27)28)22(15)26-16(2)20-13-17(24(3,4)5)14-21-18(20)11-12-25(21,6)7/h8-10,13-14H,11-12H2,1-7H3,(H,27,28). The first-order valence-corrected chi connectivity index (χ1v) is 9.98. The van der Waals surface area contributed by atoms with Gasteiger partial charge in [-0.05, 0) is 77.5 Å². The Labute approximate surface area is 168 Å². The van der Waals surface area contributed by atoms with Crippen LogP contribution in [0.4, 0.5) is 5.69 Å². The molecule has 1 aliphatic rings. The third-order valence-electron chi connectivity index (χ3n) is 5.98. The van der Waals surface area contributed by atoms with E-state index in [4.69, 9.17) is 4.99 Å². The Morgan fingerprint density at radius 1 is 1.14 bits per heavy atom. The largest absolute Gasteiger partial charge is 0.478 e. The second-order valence-corrected chi connectivity index (χ2v) is 9.66. The summed E-state index contributed by atoms with van der Waals surface area (Å²) in [6, 6.07) is 9.94. The fourth-order valence-corrected chi connectivity index (χ4v) is 4.08. The van der Waals surface area contributed by atoms with Crippen LogP contribution in [-0.2, 0) is 17.3 Å². The van der Waals surface area contributed by atoms with Crippen LogP contribution >= 0.6 is 0 Å². The van der Waals surface area contributed by atoms with Gasteiger partial charge in [-0.2, -0.15) is 0 Å². The third kappa shape index (κ3) is 3.63. The van der Waals surface area contributed by atoms with Gasteiger partial charge >= 0.3 is 5.97 Å². The normalized spacial score (nSPS) is 16.2. The van der Waals surface area contributed by atoms with Gasteiger partial charge in [0.1, 0.15) is 0 Å². The molecule has 0 unspecified atom stereocenters. The molecule has 3 rings (SSSR count). The van der Waals surface area contributed by atoms with Gasteiger partial charge in [-0.3, -0.25) is 4.99 Å². The molecule has 0 saturated heterocycles. The van der Waals surface area contributed by atoms with Gasteiger partial charge in [0.05, 0.1) is 11.3 Å². The number of hydrogen-bond acceptors (Lipinski definition) is 2. The van der Waals surface area contributed by atoms with Crippen molar-refractivity contribution in [2.45, 2.75) is 72.1 Å². The zero-order valence-electron chi connectivity index (χ0n) is 18.1. The number of carboxylic acid groups (broad SMARTS) is 1. The summed E-state index contributed by atoms with van der Waals surface area (Å²) in [7, 11) is 0. The Bertz CT molecular complexity index is 975. The molecule has 0 spiro atoms. The van der Waals surface area contributed by atoms with Crippen LogP contribution in [0.1, 0.15) is 86.1 Å². The van der Waals surface area contributed by atoms with E-state index in [1.54, 1.807) is 12.1 Å². The molecule has 2 aromatic carbocycles. The third-order valence-corrected chi connectivity index (χ3v) is 5.98. The van der Waals surface area contributed by atoms with Crippen molar-refractivity contribution in [1.82, 2.24) is 0 Å². The van der Waals surface area contributed by atoms with Crippen LogP contribution < -0.4 is 0 Å². The Kier molecular flexibility index (Phi) is 4.99. The fourth-order valence-electron chi connectivity index (χ4n) is 4.08. The minimum absolute atomic E-state index is 0.0393. The van der Waals surface area contributed by atoms with Gasteiger partial charge in [0, 0.05) is 5.71 Å². The molecule has 0 amide bonds. The maximum atomic E-state index is 11.7. The van der Waals surface area contributed by atoms with Gasteiger partial charge in [-0.15, -0.1) is 0 Å². The van der Waals surface area contributed by atoms with Crippen LogP contribution in [0, 0.1) is 6.92 Å². The molecule has 1 aliphatic carbocycles. The first-order chi connectivity index (χ1) is 12.9. The zero-order valence-corrected chi connectivity index (χ0v) is 18.1. The van der Waals surface area contributed by atoms with Crippen molar-refractivity contribution < 1.29 is 9.90 Å². The molecular formula is C25H31NO2. The van der Waals surface area contributed by atoms with E-state index in [2.05, 4.69) is 46.8 Å². The number of hydrogen-bond donors (Lipinski definition) is 1. The predicted octanol–water partition coefficient (Wildman–Crippen LogP) is 6.36. The Morgan fingerprint density at radius 2 is 1.82 bits per heavy atom. The van der Waals surface area contributed by atoms with Gasteiger partial charge in [-0.1, -0.05) is 52.8 Å². The Hall–Kier alpha value is -2.42. The number of fused-ring (bicyclic) bond motifs is 1. The number of benzene rings is 2. The monoisotopic (exact) mass is 377 g/mol. The second-order valence-electron chi connectivity index (χ2n) is 9.66. The number of para-hydroxylation sites is 1. The lowest BCUT2D eigenvalue weighted by molar-refractivity contribution is 0.0697. The minimum Gasteiger partial charge on any atom is -0.478 e. The van der Waals surface area contributed by atoms with E-state index in [0.29, 0.717) is 5.69 Å². The Balaban J connectivity index is 2.24. The molecule has 0 atom stereocenters. The molecule has 0 aliphatic heterocycles. The highest BCUT2D eigenvalue weighted by molar-refractivity contribution is 6.04. The SMILES string of the molecule is CC(=Nc1c(C)cccc1C(=O)O)c1cc(C(C)(C)C)cc2c1CCC2(C)C. The predicted molar refractivity (Wildman–Crippen MR) is 116 cm³/mol. The smallest absolute Gasteiger partial charge is 0.337 e. The van der Waals surface area contributed by atoms with Crippen molar-refractivity contribution in [2.24, 2.45) is 4.99 Å². The van der Waals surface area contributed by atoms with E-state index in [-0.39, 0.29) is 16.4 Å². The summed E-state index contributed by atoms with van der Waals surface area (Å²) in [5, 5.41) is 9.58. The maximum absolute atomic E-state index is 11.7. The van der Waals surface area contributed by atoms with Gasteiger partial charge < -0.3 is 5.11 Å². The molecule has 0 radical (unpaired) electrons. The number of aromatic carboxylic acids is 1. The highest BCUT2D eigenvalue weighted by Gasteiger charge is 2.33. The summed E-state index contributed by atoms with van der Waals surface area (Å²) in [5.74, 6) is -0.940. The van der Waals surface area contributed by atoms with Crippen LogP contribution in [-0.4, -0.2) is 16.8 Å². The average Bonchev–Trinajstić information content (AvgIpc) is 2.90. The molecule has 28 heavy (non-hydrogen) atoms. The highest BCUT2D eigenvalue weighted by atomic mass is 16.4. The topological polar surface area (TPSA) is 49.7 Å². The molecule has 0 fully saturated rings. The van der Waals surface area contributed by atoms with E-state index in [9.17, 15) is 9.90 Å². The molecule has 0 saturated carbocycles. The van der Waals surface area contributed by atoms with Crippen LogP contribution in [0.2, 0.25) is 0 Å². The van der Waals surface area contributed by atoms with E-state index < -0.39 is 5.97 Å². The summed E-state index contributed by atoms with van der Waals surface area (Å²) in [4.78, 5) is 16.5. The lowest BCUT2D eigenvalue weighted by Gasteiger charge is -2.26. The van der Waals surface area contributed by atoms with Crippen molar-refractivity contribution >= 4 is 17.4 Å². The zero-order chi connectivity index (χ0) is 20.9. The van der Waals surface area contributed by atoms with Crippen molar-refractivity contribution in [3.63, 3.8) is 0 Å². The summed E-state index contributed by atoms with van der Waals surface area (Å²) in [6.07, 6.45) is 2.16. The van der Waals surface area contributed by atoms with Crippen molar-refractivity contribution in [3.05, 3.63) is 63.7 Å². The van der Waals surface area contributed by atoms with Gasteiger partial charge in [0.25, 0.3) is 0 Å². The summed E-state index contributed by atoms with van der Waals surface area (Å²) in [6.45, 7) is 15.2. The number of aliphatic imine (C=N–C) groups is 1. The molecule has 148 valence electrons. The number of rotatable bonds is 3. The fraction of sp³-hybridized carbons (Fsp3) is 0.440. The number of nitrogens with zero attached hydrogens (tertiary/aromatic N) is 1.